The monoisotopic (exact) mass is 462 g/mol. The summed E-state index contributed by atoms with van der Waals surface area (Å²) in [5, 5.41) is 19.6. The molecule has 1 aromatic carbocycles. The van der Waals surface area contributed by atoms with Crippen molar-refractivity contribution >= 4 is 44.7 Å². The summed E-state index contributed by atoms with van der Waals surface area (Å²) in [5.41, 5.74) is 7.10. The number of hydrogen-bond acceptors (Lipinski definition) is 8. The Hall–Kier alpha value is -3.05. The summed E-state index contributed by atoms with van der Waals surface area (Å²) < 4.78 is 0. The van der Waals surface area contributed by atoms with Crippen molar-refractivity contribution in [3.05, 3.63) is 39.6 Å². The van der Waals surface area contributed by atoms with E-state index in [1.165, 1.54) is 33.1 Å². The Morgan fingerprint density at radius 2 is 1.81 bits per heavy atom. The van der Waals surface area contributed by atoms with Gasteiger partial charge in [-0.2, -0.15) is 0 Å². The molecule has 0 fully saturated rings. The molecule has 0 saturated heterocycles. The Bertz CT molecular complexity index is 946. The Morgan fingerprint density at radius 1 is 1.12 bits per heavy atom. The first kappa shape index (κ1) is 25.2. The number of anilines is 3. The van der Waals surface area contributed by atoms with Crippen LogP contribution in [0, 0.1) is 17.0 Å². The fourth-order valence-electron chi connectivity index (χ4n) is 3.13. The maximum absolute atomic E-state index is 12.7. The van der Waals surface area contributed by atoms with Gasteiger partial charge in [0, 0.05) is 19.2 Å². The molecule has 10 nitrogen and oxygen atoms in total. The van der Waals surface area contributed by atoms with Crippen molar-refractivity contribution in [2.24, 2.45) is 5.73 Å². The highest BCUT2D eigenvalue weighted by molar-refractivity contribution is 7.19. The van der Waals surface area contributed by atoms with Gasteiger partial charge in [0.2, 0.25) is 5.91 Å². The van der Waals surface area contributed by atoms with E-state index < -0.39 is 10.8 Å². The molecule has 0 spiro atoms. The maximum Gasteiger partial charge on any atom is 0.348 e. The first-order chi connectivity index (χ1) is 15.3. The van der Waals surface area contributed by atoms with Crippen LogP contribution in [0.5, 0.6) is 0 Å². The lowest BCUT2D eigenvalue weighted by atomic mass is 10.1. The third-order valence-corrected chi connectivity index (χ3v) is 5.72. The van der Waals surface area contributed by atoms with Crippen LogP contribution >= 0.6 is 11.3 Å². The van der Waals surface area contributed by atoms with E-state index in [1.54, 1.807) is 18.2 Å². The quantitative estimate of drug-likeness (QED) is 0.197. The van der Waals surface area contributed by atoms with E-state index >= 15 is 0 Å². The number of carbonyl (C=O) groups is 2. The molecule has 0 atom stereocenters. The Labute approximate surface area is 191 Å². The Morgan fingerprint density at radius 3 is 2.44 bits per heavy atom. The van der Waals surface area contributed by atoms with Crippen molar-refractivity contribution in [1.82, 2.24) is 4.98 Å². The molecule has 0 aliphatic rings. The molecular weight excluding hydrogens is 432 g/mol. The first-order valence-corrected chi connectivity index (χ1v) is 11.4. The molecule has 2 amide bonds. The second-order valence-electron chi connectivity index (χ2n) is 7.40. The number of nitrogens with one attached hydrogen (secondary N) is 3. The number of amides is 2. The van der Waals surface area contributed by atoms with Crippen molar-refractivity contribution in [3.63, 3.8) is 0 Å². The standard InChI is InChI=1S/C21H30N6O4S/c1-14-20(27(30)31)32-21(24-14)26-19(29)17-10-9-16(13-18(17)25-15(2)28)23-12-8-6-4-3-5-7-11-22/h9-10,13,23H,3-8,11-12,22H2,1-2H3,(H,25,28)(H,24,26,29). The third-order valence-electron chi connectivity index (χ3n) is 4.69. The van der Waals surface area contributed by atoms with Gasteiger partial charge in [-0.15, -0.1) is 0 Å². The zero-order valence-electron chi connectivity index (χ0n) is 18.4. The van der Waals surface area contributed by atoms with Gasteiger partial charge in [0.25, 0.3) is 5.91 Å². The number of benzene rings is 1. The van der Waals surface area contributed by atoms with Gasteiger partial charge in [-0.05, 0) is 55.8 Å². The average molecular weight is 463 g/mol. The summed E-state index contributed by atoms with van der Waals surface area (Å²) in [6, 6.07) is 5.06. The van der Waals surface area contributed by atoms with Gasteiger partial charge < -0.3 is 16.4 Å². The SMILES string of the molecule is CC(=O)Nc1cc(NCCCCCCCCN)ccc1C(=O)Nc1nc(C)c([N+](=O)[O-])s1. The molecule has 0 aliphatic carbocycles. The number of carbonyl (C=O) groups excluding carboxylic acids is 2. The van der Waals surface area contributed by atoms with Gasteiger partial charge in [0.05, 0.1) is 16.2 Å². The van der Waals surface area contributed by atoms with Crippen LogP contribution in [-0.4, -0.2) is 34.8 Å². The summed E-state index contributed by atoms with van der Waals surface area (Å²) in [6.07, 6.45) is 6.74. The summed E-state index contributed by atoms with van der Waals surface area (Å²) in [5.74, 6) is -0.823. The molecule has 0 bridgehead atoms. The average Bonchev–Trinajstić information content (AvgIpc) is 3.10. The molecule has 2 aromatic rings. The van der Waals surface area contributed by atoms with Crippen molar-refractivity contribution < 1.29 is 14.5 Å². The molecule has 2 rings (SSSR count). The molecule has 1 aromatic heterocycles. The molecule has 32 heavy (non-hydrogen) atoms. The van der Waals surface area contributed by atoms with Crippen LogP contribution in [0.15, 0.2) is 18.2 Å². The van der Waals surface area contributed by atoms with E-state index in [2.05, 4.69) is 20.9 Å². The van der Waals surface area contributed by atoms with Crippen LogP contribution in [0.1, 0.15) is 61.5 Å². The van der Waals surface area contributed by atoms with E-state index in [4.69, 9.17) is 5.73 Å². The molecule has 0 unspecified atom stereocenters. The van der Waals surface area contributed by atoms with Gasteiger partial charge in [-0.1, -0.05) is 25.7 Å². The maximum atomic E-state index is 12.7. The predicted molar refractivity (Wildman–Crippen MR) is 127 cm³/mol. The normalized spacial score (nSPS) is 10.6. The fraction of sp³-hybridized carbons (Fsp3) is 0.476. The summed E-state index contributed by atoms with van der Waals surface area (Å²) >= 11 is 0.787. The van der Waals surface area contributed by atoms with Crippen LogP contribution in [0.3, 0.4) is 0 Å². The number of unbranched alkanes of at least 4 members (excludes halogenated alkanes) is 5. The van der Waals surface area contributed by atoms with Crippen LogP contribution in [0.25, 0.3) is 0 Å². The minimum Gasteiger partial charge on any atom is -0.385 e. The van der Waals surface area contributed by atoms with Gasteiger partial charge in [-0.3, -0.25) is 25.0 Å². The minimum atomic E-state index is -0.536. The Kier molecular flexibility index (Phi) is 10.0. The van der Waals surface area contributed by atoms with Crippen LogP contribution in [0.2, 0.25) is 0 Å². The highest BCUT2D eigenvalue weighted by Gasteiger charge is 2.20. The van der Waals surface area contributed by atoms with Gasteiger partial charge >= 0.3 is 5.00 Å². The van der Waals surface area contributed by atoms with Crippen molar-refractivity contribution in [3.8, 4) is 0 Å². The predicted octanol–water partition coefficient (Wildman–Crippen LogP) is 4.28. The lowest BCUT2D eigenvalue weighted by Gasteiger charge is -2.13. The van der Waals surface area contributed by atoms with Crippen molar-refractivity contribution in [1.29, 1.82) is 0 Å². The molecule has 174 valence electrons. The summed E-state index contributed by atoms with van der Waals surface area (Å²) in [7, 11) is 0. The number of nitro groups is 1. The molecule has 0 saturated carbocycles. The number of rotatable bonds is 13. The van der Waals surface area contributed by atoms with Gasteiger partial charge in [-0.25, -0.2) is 4.98 Å². The molecular formula is C21H30N6O4S. The fourth-order valence-corrected chi connectivity index (χ4v) is 3.91. The van der Waals surface area contributed by atoms with E-state index in [-0.39, 0.29) is 27.3 Å². The topological polar surface area (TPSA) is 152 Å². The smallest absolute Gasteiger partial charge is 0.348 e. The minimum absolute atomic E-state index is 0.124. The highest BCUT2D eigenvalue weighted by atomic mass is 32.1. The molecule has 11 heteroatoms. The van der Waals surface area contributed by atoms with E-state index in [1.807, 2.05) is 0 Å². The van der Waals surface area contributed by atoms with Crippen molar-refractivity contribution in [2.75, 3.05) is 29.0 Å². The molecule has 5 N–H and O–H groups in total. The zero-order chi connectivity index (χ0) is 23.5. The number of aromatic nitrogens is 1. The highest BCUT2D eigenvalue weighted by Crippen LogP contribution is 2.30. The summed E-state index contributed by atoms with van der Waals surface area (Å²) in [4.78, 5) is 38.8. The number of hydrogen-bond donors (Lipinski definition) is 4. The lowest BCUT2D eigenvalue weighted by molar-refractivity contribution is -0.380. The summed E-state index contributed by atoms with van der Waals surface area (Å²) in [6.45, 7) is 4.40. The second kappa shape index (κ2) is 12.7. The van der Waals surface area contributed by atoms with Crippen LogP contribution in [0.4, 0.5) is 21.5 Å². The van der Waals surface area contributed by atoms with E-state index in [9.17, 15) is 19.7 Å². The zero-order valence-corrected chi connectivity index (χ0v) is 19.2. The molecule has 0 radical (unpaired) electrons. The Balaban J connectivity index is 1.99. The first-order valence-electron chi connectivity index (χ1n) is 10.6. The van der Waals surface area contributed by atoms with Gasteiger partial charge in [0.15, 0.2) is 5.13 Å². The lowest BCUT2D eigenvalue weighted by Crippen LogP contribution is -2.17. The van der Waals surface area contributed by atoms with Crippen LogP contribution in [-0.2, 0) is 4.79 Å². The van der Waals surface area contributed by atoms with Crippen LogP contribution < -0.4 is 21.7 Å². The van der Waals surface area contributed by atoms with E-state index in [0.29, 0.717) is 5.69 Å². The number of nitrogens with zero attached hydrogens (tertiary/aromatic N) is 2. The second-order valence-corrected chi connectivity index (χ2v) is 8.38. The number of aryl methyl sites for hydroxylation is 1. The number of nitrogens with two attached hydrogens (primary N) is 1. The number of thiazole rings is 1. The van der Waals surface area contributed by atoms with Gasteiger partial charge in [0.1, 0.15) is 5.69 Å². The van der Waals surface area contributed by atoms with E-state index in [0.717, 1.165) is 49.4 Å². The molecule has 0 aliphatic heterocycles. The third kappa shape index (κ3) is 7.89. The van der Waals surface area contributed by atoms with Crippen molar-refractivity contribution in [2.45, 2.75) is 52.4 Å². The molecule has 1 heterocycles. The largest absolute Gasteiger partial charge is 0.385 e.